The summed E-state index contributed by atoms with van der Waals surface area (Å²) in [5, 5.41) is 3.48. The molecule has 4 nitrogen and oxygen atoms in total. The molecule has 3 rings (SSSR count). The number of pyridine rings is 1. The number of aromatic nitrogens is 2. The maximum Gasteiger partial charge on any atom is 0.137 e. The topological polar surface area (TPSA) is 39.1 Å². The van der Waals surface area contributed by atoms with Crippen molar-refractivity contribution in [3.05, 3.63) is 47.9 Å². The van der Waals surface area contributed by atoms with E-state index in [0.717, 1.165) is 31.2 Å². The molecule has 106 valence electrons. The summed E-state index contributed by atoms with van der Waals surface area (Å²) >= 11 is 0. The van der Waals surface area contributed by atoms with Gasteiger partial charge in [-0.2, -0.15) is 0 Å². The third kappa shape index (κ3) is 3.08. The molecule has 2 aromatic heterocycles. The lowest BCUT2D eigenvalue weighted by Crippen LogP contribution is -2.26. The van der Waals surface area contributed by atoms with Crippen LogP contribution in [-0.2, 0) is 11.3 Å². The number of nitrogens with one attached hydrogen (secondary N) is 1. The fraction of sp³-hybridized carbons (Fsp3) is 0.438. The Kier molecular flexibility index (Phi) is 4.14. The average Bonchev–Trinajstić information content (AvgIpc) is 3.10. The Hall–Kier alpha value is -1.65. The molecule has 1 saturated heterocycles. The molecule has 0 saturated carbocycles. The lowest BCUT2D eigenvalue weighted by Gasteiger charge is -2.12. The zero-order valence-electron chi connectivity index (χ0n) is 11.9. The zero-order valence-corrected chi connectivity index (χ0v) is 11.9. The van der Waals surface area contributed by atoms with E-state index in [0.29, 0.717) is 6.10 Å². The first-order chi connectivity index (χ1) is 9.83. The molecule has 2 aromatic rings. The van der Waals surface area contributed by atoms with E-state index in [-0.39, 0.29) is 0 Å². The van der Waals surface area contributed by atoms with Crippen LogP contribution in [0.4, 0.5) is 0 Å². The van der Waals surface area contributed by atoms with E-state index in [2.05, 4.69) is 33.2 Å². The number of aryl methyl sites for hydroxylation is 1. The van der Waals surface area contributed by atoms with Gasteiger partial charge in [-0.25, -0.2) is 4.98 Å². The summed E-state index contributed by atoms with van der Waals surface area (Å²) in [6, 6.07) is 10.3. The summed E-state index contributed by atoms with van der Waals surface area (Å²) in [6.45, 7) is 4.69. The smallest absolute Gasteiger partial charge is 0.137 e. The zero-order chi connectivity index (χ0) is 13.8. The van der Waals surface area contributed by atoms with Crippen molar-refractivity contribution in [1.82, 2.24) is 14.9 Å². The van der Waals surface area contributed by atoms with E-state index in [1.807, 2.05) is 25.1 Å². The van der Waals surface area contributed by atoms with Gasteiger partial charge < -0.3 is 14.6 Å². The van der Waals surface area contributed by atoms with Crippen LogP contribution in [0.5, 0.6) is 0 Å². The molecule has 4 heteroatoms. The Bertz CT molecular complexity index is 558. The van der Waals surface area contributed by atoms with Crippen molar-refractivity contribution in [1.29, 1.82) is 0 Å². The molecule has 0 radical (unpaired) electrons. The predicted molar refractivity (Wildman–Crippen MR) is 79.0 cm³/mol. The van der Waals surface area contributed by atoms with Gasteiger partial charge in [0.15, 0.2) is 0 Å². The Morgan fingerprint density at radius 3 is 3.10 bits per heavy atom. The van der Waals surface area contributed by atoms with Crippen LogP contribution < -0.4 is 5.32 Å². The second-order valence-corrected chi connectivity index (χ2v) is 5.27. The van der Waals surface area contributed by atoms with E-state index in [1.165, 1.54) is 18.5 Å². The van der Waals surface area contributed by atoms with E-state index in [9.17, 15) is 0 Å². The fourth-order valence-electron chi connectivity index (χ4n) is 2.61. The highest BCUT2D eigenvalue weighted by Crippen LogP contribution is 2.13. The summed E-state index contributed by atoms with van der Waals surface area (Å²) in [6.07, 6.45) is 4.81. The first-order valence-corrected chi connectivity index (χ1v) is 7.25. The molecule has 1 atom stereocenters. The average molecular weight is 271 g/mol. The molecule has 0 aliphatic carbocycles. The largest absolute Gasteiger partial charge is 0.377 e. The lowest BCUT2D eigenvalue weighted by molar-refractivity contribution is 0.110. The molecule has 20 heavy (non-hydrogen) atoms. The predicted octanol–water partition coefficient (Wildman–Crippen LogP) is 2.45. The van der Waals surface area contributed by atoms with Gasteiger partial charge in [0.2, 0.25) is 0 Å². The maximum atomic E-state index is 5.62. The molecule has 0 amide bonds. The minimum atomic E-state index is 0.385. The monoisotopic (exact) mass is 271 g/mol. The van der Waals surface area contributed by atoms with Gasteiger partial charge >= 0.3 is 0 Å². The van der Waals surface area contributed by atoms with E-state index in [4.69, 9.17) is 4.74 Å². The molecular weight excluding hydrogens is 250 g/mol. The highest BCUT2D eigenvalue weighted by Gasteiger charge is 2.14. The van der Waals surface area contributed by atoms with E-state index in [1.54, 1.807) is 0 Å². The first-order valence-electron chi connectivity index (χ1n) is 7.25. The molecule has 1 unspecified atom stereocenters. The summed E-state index contributed by atoms with van der Waals surface area (Å²) in [5.74, 6) is 0.976. The Balaban J connectivity index is 1.64. The third-order valence-corrected chi connectivity index (χ3v) is 3.66. The molecule has 1 N–H and O–H groups in total. The van der Waals surface area contributed by atoms with E-state index >= 15 is 0 Å². The van der Waals surface area contributed by atoms with Gasteiger partial charge in [-0.3, -0.25) is 0 Å². The van der Waals surface area contributed by atoms with Crippen LogP contribution in [0, 0.1) is 6.92 Å². The normalized spacial score (nSPS) is 18.6. The first kappa shape index (κ1) is 13.3. The van der Waals surface area contributed by atoms with Crippen LogP contribution in [0.25, 0.3) is 5.82 Å². The minimum absolute atomic E-state index is 0.385. The summed E-state index contributed by atoms with van der Waals surface area (Å²) in [7, 11) is 0. The van der Waals surface area contributed by atoms with Crippen molar-refractivity contribution in [3.63, 3.8) is 0 Å². The van der Waals surface area contributed by atoms with Crippen LogP contribution in [0.15, 0.2) is 36.5 Å². The Morgan fingerprint density at radius 2 is 2.30 bits per heavy atom. The lowest BCUT2D eigenvalue weighted by atomic mass is 10.2. The second kappa shape index (κ2) is 6.20. The number of rotatable bonds is 5. The number of ether oxygens (including phenoxy) is 1. The van der Waals surface area contributed by atoms with Gasteiger partial charge in [0.05, 0.1) is 6.10 Å². The molecular formula is C16H21N3O. The van der Waals surface area contributed by atoms with Crippen LogP contribution in [0.3, 0.4) is 0 Å². The quantitative estimate of drug-likeness (QED) is 0.908. The fourth-order valence-corrected chi connectivity index (χ4v) is 2.61. The standard InChI is InChI=1S/C16H21N3O/c1-13-5-2-8-16(18-13)19-9-3-6-14(19)11-17-12-15-7-4-10-20-15/h2-3,5-6,8-9,15,17H,4,7,10-12H2,1H3. The molecule has 3 heterocycles. The van der Waals surface area contributed by atoms with Gasteiger partial charge in [-0.1, -0.05) is 6.07 Å². The number of hydrogen-bond donors (Lipinski definition) is 1. The van der Waals surface area contributed by atoms with Gasteiger partial charge in [-0.05, 0) is 44.0 Å². The van der Waals surface area contributed by atoms with Gasteiger partial charge in [-0.15, -0.1) is 0 Å². The van der Waals surface area contributed by atoms with Crippen LogP contribution in [-0.4, -0.2) is 28.8 Å². The molecule has 1 aliphatic heterocycles. The van der Waals surface area contributed by atoms with Crippen molar-refractivity contribution in [2.75, 3.05) is 13.2 Å². The van der Waals surface area contributed by atoms with Crippen molar-refractivity contribution >= 4 is 0 Å². The highest BCUT2D eigenvalue weighted by molar-refractivity contribution is 5.29. The van der Waals surface area contributed by atoms with Crippen LogP contribution in [0.2, 0.25) is 0 Å². The van der Waals surface area contributed by atoms with E-state index < -0.39 is 0 Å². The molecule has 0 spiro atoms. The highest BCUT2D eigenvalue weighted by atomic mass is 16.5. The van der Waals surface area contributed by atoms with Gasteiger partial charge in [0.25, 0.3) is 0 Å². The SMILES string of the molecule is Cc1cccc(-n2cccc2CNCC2CCCO2)n1. The maximum absolute atomic E-state index is 5.62. The van der Waals surface area contributed by atoms with Crippen molar-refractivity contribution in [3.8, 4) is 5.82 Å². The Morgan fingerprint density at radius 1 is 1.35 bits per heavy atom. The minimum Gasteiger partial charge on any atom is -0.377 e. The van der Waals surface area contributed by atoms with Gasteiger partial charge in [0, 0.05) is 37.3 Å². The Labute approximate surface area is 119 Å². The number of nitrogens with zero attached hydrogens (tertiary/aromatic N) is 2. The molecule has 1 fully saturated rings. The third-order valence-electron chi connectivity index (χ3n) is 3.66. The summed E-state index contributed by atoms with van der Waals surface area (Å²) in [4.78, 5) is 4.57. The van der Waals surface area contributed by atoms with Crippen LogP contribution in [0.1, 0.15) is 24.2 Å². The second-order valence-electron chi connectivity index (χ2n) is 5.27. The van der Waals surface area contributed by atoms with Crippen LogP contribution >= 0.6 is 0 Å². The van der Waals surface area contributed by atoms with Crippen molar-refractivity contribution in [2.45, 2.75) is 32.4 Å². The molecule has 0 bridgehead atoms. The van der Waals surface area contributed by atoms with Crippen molar-refractivity contribution < 1.29 is 4.74 Å². The molecule has 1 aliphatic rings. The summed E-state index contributed by atoms with van der Waals surface area (Å²) in [5.41, 5.74) is 2.26. The number of hydrogen-bond acceptors (Lipinski definition) is 3. The molecule has 0 aromatic carbocycles. The van der Waals surface area contributed by atoms with Gasteiger partial charge in [0.1, 0.15) is 5.82 Å². The van der Waals surface area contributed by atoms with Crippen molar-refractivity contribution in [2.24, 2.45) is 0 Å². The summed E-state index contributed by atoms with van der Waals surface area (Å²) < 4.78 is 7.76.